The predicted octanol–water partition coefficient (Wildman–Crippen LogP) is 2.59. The second kappa shape index (κ2) is 4.33. The normalized spacial score (nSPS) is 19.8. The number of anilines is 1. The van der Waals surface area contributed by atoms with Crippen LogP contribution in [0.2, 0.25) is 0 Å². The Morgan fingerprint density at radius 1 is 1.41 bits per heavy atom. The molecular formula is C12H13N3OS. The molecule has 1 unspecified atom stereocenters. The molecule has 1 aliphatic rings. The van der Waals surface area contributed by atoms with Crippen molar-refractivity contribution in [3.63, 3.8) is 0 Å². The van der Waals surface area contributed by atoms with E-state index >= 15 is 0 Å². The van der Waals surface area contributed by atoms with Gasteiger partial charge in [0.05, 0.1) is 17.1 Å². The Morgan fingerprint density at radius 3 is 3.06 bits per heavy atom. The summed E-state index contributed by atoms with van der Waals surface area (Å²) in [7, 11) is 0. The molecule has 0 bridgehead atoms. The molecule has 0 saturated carbocycles. The second-order valence-electron chi connectivity index (χ2n) is 4.09. The van der Waals surface area contributed by atoms with Crippen LogP contribution in [-0.2, 0) is 0 Å². The monoisotopic (exact) mass is 247 g/mol. The van der Waals surface area contributed by atoms with E-state index in [1.807, 2.05) is 18.3 Å². The van der Waals surface area contributed by atoms with Crippen LogP contribution < -0.4 is 4.90 Å². The number of hydrogen-bond acceptors (Lipinski definition) is 5. The summed E-state index contributed by atoms with van der Waals surface area (Å²) in [5.74, 6) is 0.108. The van der Waals surface area contributed by atoms with Crippen molar-refractivity contribution < 1.29 is 5.11 Å². The van der Waals surface area contributed by atoms with Crippen LogP contribution in [0.4, 0.5) is 5.13 Å². The highest BCUT2D eigenvalue weighted by molar-refractivity contribution is 7.13. The quantitative estimate of drug-likeness (QED) is 0.886. The number of nitrogens with zero attached hydrogens (tertiary/aromatic N) is 3. The summed E-state index contributed by atoms with van der Waals surface area (Å²) < 4.78 is 0. The van der Waals surface area contributed by atoms with Gasteiger partial charge in [0, 0.05) is 12.7 Å². The van der Waals surface area contributed by atoms with Crippen molar-refractivity contribution >= 4 is 16.5 Å². The van der Waals surface area contributed by atoms with Gasteiger partial charge in [-0.05, 0) is 25.0 Å². The van der Waals surface area contributed by atoms with Crippen molar-refractivity contribution in [2.45, 2.75) is 18.9 Å². The third-order valence-corrected chi connectivity index (χ3v) is 3.87. The van der Waals surface area contributed by atoms with Crippen molar-refractivity contribution in [2.24, 2.45) is 0 Å². The van der Waals surface area contributed by atoms with Gasteiger partial charge in [0.25, 0.3) is 0 Å². The molecule has 0 radical (unpaired) electrons. The lowest BCUT2D eigenvalue weighted by molar-refractivity contribution is 0.457. The summed E-state index contributed by atoms with van der Waals surface area (Å²) in [5, 5.41) is 11.9. The minimum atomic E-state index is 0.108. The Bertz CT molecular complexity index is 499. The molecule has 1 N–H and O–H groups in total. The first kappa shape index (κ1) is 10.5. The number of aromatic hydroxyl groups is 1. The number of hydrogen-bond donors (Lipinski definition) is 1. The first-order valence-electron chi connectivity index (χ1n) is 5.66. The Labute approximate surface area is 104 Å². The highest BCUT2D eigenvalue weighted by Gasteiger charge is 2.28. The molecule has 2 aromatic heterocycles. The average molecular weight is 247 g/mol. The van der Waals surface area contributed by atoms with Crippen molar-refractivity contribution in [1.82, 2.24) is 9.97 Å². The van der Waals surface area contributed by atoms with Crippen LogP contribution in [0.1, 0.15) is 24.6 Å². The molecule has 0 aromatic carbocycles. The van der Waals surface area contributed by atoms with Gasteiger partial charge in [0.2, 0.25) is 5.88 Å². The van der Waals surface area contributed by atoms with Gasteiger partial charge in [-0.25, -0.2) is 0 Å². The fraction of sp³-hybridized carbons (Fsp3) is 0.333. The Balaban J connectivity index is 1.90. The molecule has 0 spiro atoms. The molecule has 1 saturated heterocycles. The summed E-state index contributed by atoms with van der Waals surface area (Å²) >= 11 is 1.48. The van der Waals surface area contributed by atoms with E-state index in [0.717, 1.165) is 30.2 Å². The topological polar surface area (TPSA) is 49.2 Å². The molecule has 1 aliphatic heterocycles. The molecule has 17 heavy (non-hydrogen) atoms. The Kier molecular flexibility index (Phi) is 2.68. The zero-order chi connectivity index (χ0) is 11.7. The number of aromatic nitrogens is 2. The van der Waals surface area contributed by atoms with Crippen LogP contribution in [0.25, 0.3) is 0 Å². The average Bonchev–Trinajstić information content (AvgIpc) is 2.98. The van der Waals surface area contributed by atoms with Gasteiger partial charge in [-0.1, -0.05) is 6.07 Å². The molecule has 0 aliphatic carbocycles. The van der Waals surface area contributed by atoms with Gasteiger partial charge in [-0.2, -0.15) is 4.98 Å². The van der Waals surface area contributed by atoms with Crippen LogP contribution >= 0.6 is 11.3 Å². The van der Waals surface area contributed by atoms with E-state index in [2.05, 4.69) is 20.9 Å². The standard InChI is InChI=1S/C12H13N3OS/c16-11-8-17-12(14-11)15-7-3-5-10(15)9-4-1-2-6-13-9/h1-2,4,6,8,10,16H,3,5,7H2. The second-order valence-corrected chi connectivity index (χ2v) is 4.93. The minimum absolute atomic E-state index is 0.108. The van der Waals surface area contributed by atoms with Crippen LogP contribution in [-0.4, -0.2) is 21.6 Å². The SMILES string of the molecule is Oc1csc(N2CCCC2c2ccccn2)n1. The lowest BCUT2D eigenvalue weighted by Gasteiger charge is -2.23. The fourth-order valence-electron chi connectivity index (χ4n) is 2.26. The van der Waals surface area contributed by atoms with Gasteiger partial charge in [-0.3, -0.25) is 4.98 Å². The molecule has 88 valence electrons. The maximum atomic E-state index is 9.33. The number of pyridine rings is 1. The van der Waals surface area contributed by atoms with E-state index < -0.39 is 0 Å². The highest BCUT2D eigenvalue weighted by atomic mass is 32.1. The van der Waals surface area contributed by atoms with Crippen LogP contribution in [0.5, 0.6) is 5.88 Å². The third-order valence-electron chi connectivity index (χ3n) is 3.01. The van der Waals surface area contributed by atoms with Gasteiger partial charge in [0.15, 0.2) is 5.13 Å². The van der Waals surface area contributed by atoms with E-state index in [-0.39, 0.29) is 5.88 Å². The first-order valence-corrected chi connectivity index (χ1v) is 6.54. The predicted molar refractivity (Wildman–Crippen MR) is 67.3 cm³/mol. The zero-order valence-corrected chi connectivity index (χ0v) is 10.1. The third kappa shape index (κ3) is 1.98. The van der Waals surface area contributed by atoms with Crippen LogP contribution in [0.15, 0.2) is 29.8 Å². The molecule has 3 heterocycles. The first-order chi connectivity index (χ1) is 8.34. The molecule has 4 nitrogen and oxygen atoms in total. The Morgan fingerprint density at radius 2 is 2.35 bits per heavy atom. The largest absolute Gasteiger partial charge is 0.493 e. The summed E-state index contributed by atoms with van der Waals surface area (Å²) in [6.45, 7) is 0.980. The van der Waals surface area contributed by atoms with Crippen molar-refractivity contribution in [2.75, 3.05) is 11.4 Å². The van der Waals surface area contributed by atoms with Gasteiger partial charge in [-0.15, -0.1) is 11.3 Å². The molecule has 1 atom stereocenters. The maximum absolute atomic E-state index is 9.33. The molecular weight excluding hydrogens is 234 g/mol. The molecule has 2 aromatic rings. The zero-order valence-electron chi connectivity index (χ0n) is 9.28. The van der Waals surface area contributed by atoms with Gasteiger partial charge < -0.3 is 10.0 Å². The molecule has 0 amide bonds. The lowest BCUT2D eigenvalue weighted by atomic mass is 10.1. The number of thiazole rings is 1. The van der Waals surface area contributed by atoms with Crippen LogP contribution in [0, 0.1) is 0 Å². The van der Waals surface area contributed by atoms with Gasteiger partial charge in [0.1, 0.15) is 0 Å². The summed E-state index contributed by atoms with van der Waals surface area (Å²) in [6.07, 6.45) is 4.06. The fourth-order valence-corrected chi connectivity index (χ4v) is 3.03. The summed E-state index contributed by atoms with van der Waals surface area (Å²) in [6, 6.07) is 6.29. The minimum Gasteiger partial charge on any atom is -0.493 e. The summed E-state index contributed by atoms with van der Waals surface area (Å²) in [5.41, 5.74) is 1.08. The Hall–Kier alpha value is -1.62. The molecule has 3 rings (SSSR count). The van der Waals surface area contributed by atoms with E-state index in [1.54, 1.807) is 5.38 Å². The highest BCUT2D eigenvalue weighted by Crippen LogP contribution is 2.37. The van der Waals surface area contributed by atoms with Gasteiger partial charge >= 0.3 is 0 Å². The van der Waals surface area contributed by atoms with Crippen molar-refractivity contribution in [3.05, 3.63) is 35.5 Å². The smallest absolute Gasteiger partial charge is 0.223 e. The maximum Gasteiger partial charge on any atom is 0.223 e. The summed E-state index contributed by atoms with van der Waals surface area (Å²) in [4.78, 5) is 10.8. The van der Waals surface area contributed by atoms with E-state index in [4.69, 9.17) is 0 Å². The van der Waals surface area contributed by atoms with Crippen molar-refractivity contribution in [1.29, 1.82) is 0 Å². The van der Waals surface area contributed by atoms with Crippen molar-refractivity contribution in [3.8, 4) is 5.88 Å². The van der Waals surface area contributed by atoms with E-state index in [9.17, 15) is 5.11 Å². The molecule has 5 heteroatoms. The lowest BCUT2D eigenvalue weighted by Crippen LogP contribution is -2.22. The van der Waals surface area contributed by atoms with E-state index in [1.165, 1.54) is 11.3 Å². The van der Waals surface area contributed by atoms with Crippen LogP contribution in [0.3, 0.4) is 0 Å². The number of rotatable bonds is 2. The van der Waals surface area contributed by atoms with E-state index in [0.29, 0.717) is 6.04 Å². The molecule has 1 fully saturated rings.